The molecule has 6 heteroatoms. The third kappa shape index (κ3) is 3.83. The van der Waals surface area contributed by atoms with E-state index in [1.165, 1.54) is 5.01 Å². The molecule has 0 spiro atoms. The lowest BCUT2D eigenvalue weighted by molar-refractivity contribution is 0.0439. The maximum Gasteiger partial charge on any atom is 0.107 e. The second kappa shape index (κ2) is 7.27. The normalized spacial score (nSPS) is 25.0. The van der Waals surface area contributed by atoms with Gasteiger partial charge in [-0.2, -0.15) is 0 Å². The average molecular weight is 344 g/mol. The molecule has 2 saturated heterocycles. The standard InChI is InChI=1S/C18H24N4OS/c1-14-3-2-4-15(20-14)13-23-17-9-16-10-21(6-7-22(16)11-17)12-18-19-5-8-24-18/h2-5,8,16-17H,6-7,9-13H2,1H3. The monoisotopic (exact) mass is 344 g/mol. The van der Waals surface area contributed by atoms with Crippen molar-refractivity contribution in [1.29, 1.82) is 0 Å². The minimum atomic E-state index is 0.331. The van der Waals surface area contributed by atoms with E-state index >= 15 is 0 Å². The van der Waals surface area contributed by atoms with E-state index in [1.807, 2.05) is 25.3 Å². The molecule has 24 heavy (non-hydrogen) atoms. The predicted molar refractivity (Wildman–Crippen MR) is 94.9 cm³/mol. The van der Waals surface area contributed by atoms with E-state index in [9.17, 15) is 0 Å². The van der Waals surface area contributed by atoms with Crippen molar-refractivity contribution in [2.75, 3.05) is 26.2 Å². The molecule has 2 fully saturated rings. The third-order valence-electron chi connectivity index (χ3n) is 4.92. The first-order valence-corrected chi connectivity index (χ1v) is 9.53. The van der Waals surface area contributed by atoms with Crippen molar-refractivity contribution in [1.82, 2.24) is 19.8 Å². The molecule has 0 N–H and O–H groups in total. The number of ether oxygens (including phenoxy) is 1. The Morgan fingerprint density at radius 3 is 3.08 bits per heavy atom. The molecular weight excluding hydrogens is 320 g/mol. The molecule has 0 aromatic carbocycles. The lowest BCUT2D eigenvalue weighted by Gasteiger charge is -2.36. The molecule has 0 saturated carbocycles. The molecule has 0 amide bonds. The second-order valence-corrected chi connectivity index (χ2v) is 7.73. The van der Waals surface area contributed by atoms with Crippen LogP contribution in [-0.2, 0) is 17.9 Å². The molecule has 0 radical (unpaired) electrons. The van der Waals surface area contributed by atoms with Gasteiger partial charge in [0.1, 0.15) is 5.01 Å². The lowest BCUT2D eigenvalue weighted by Crippen LogP contribution is -2.49. The second-order valence-electron chi connectivity index (χ2n) is 6.75. The van der Waals surface area contributed by atoms with Crippen molar-refractivity contribution < 1.29 is 4.74 Å². The van der Waals surface area contributed by atoms with Gasteiger partial charge in [-0.25, -0.2) is 4.98 Å². The zero-order valence-electron chi connectivity index (χ0n) is 14.1. The van der Waals surface area contributed by atoms with E-state index < -0.39 is 0 Å². The zero-order chi connectivity index (χ0) is 16.4. The van der Waals surface area contributed by atoms with Crippen LogP contribution in [0.1, 0.15) is 22.8 Å². The summed E-state index contributed by atoms with van der Waals surface area (Å²) < 4.78 is 6.14. The van der Waals surface area contributed by atoms with Gasteiger partial charge < -0.3 is 4.74 Å². The highest BCUT2D eigenvalue weighted by Crippen LogP contribution is 2.25. The third-order valence-corrected chi connectivity index (χ3v) is 5.68. The van der Waals surface area contributed by atoms with Crippen molar-refractivity contribution in [3.05, 3.63) is 46.2 Å². The molecule has 2 unspecified atom stereocenters. The molecular formula is C18H24N4OS. The highest BCUT2D eigenvalue weighted by molar-refractivity contribution is 7.09. The van der Waals surface area contributed by atoms with E-state index in [-0.39, 0.29) is 0 Å². The summed E-state index contributed by atoms with van der Waals surface area (Å²) in [5, 5.41) is 3.28. The minimum Gasteiger partial charge on any atom is -0.371 e. The fourth-order valence-corrected chi connectivity index (χ4v) is 4.39. The molecule has 128 valence electrons. The Hall–Kier alpha value is -1.34. The molecule has 2 aliphatic heterocycles. The number of hydrogen-bond donors (Lipinski definition) is 0. The largest absolute Gasteiger partial charge is 0.371 e. The van der Waals surface area contributed by atoms with E-state index in [4.69, 9.17) is 4.74 Å². The molecule has 0 aliphatic carbocycles. The summed E-state index contributed by atoms with van der Waals surface area (Å²) in [4.78, 5) is 14.1. The molecule has 2 aliphatic rings. The fraction of sp³-hybridized carbons (Fsp3) is 0.556. The van der Waals surface area contributed by atoms with Crippen molar-refractivity contribution in [3.63, 3.8) is 0 Å². The van der Waals surface area contributed by atoms with Crippen LogP contribution in [0.3, 0.4) is 0 Å². The fourth-order valence-electron chi connectivity index (χ4n) is 3.73. The van der Waals surface area contributed by atoms with Crippen molar-refractivity contribution >= 4 is 11.3 Å². The van der Waals surface area contributed by atoms with Crippen molar-refractivity contribution in [2.45, 2.75) is 38.6 Å². The smallest absolute Gasteiger partial charge is 0.107 e. The number of nitrogens with zero attached hydrogens (tertiary/aromatic N) is 4. The van der Waals surface area contributed by atoms with Crippen LogP contribution in [-0.4, -0.2) is 58.1 Å². The summed E-state index contributed by atoms with van der Waals surface area (Å²) in [7, 11) is 0. The number of aromatic nitrogens is 2. The Morgan fingerprint density at radius 1 is 1.29 bits per heavy atom. The first-order valence-electron chi connectivity index (χ1n) is 8.65. The molecule has 2 aromatic rings. The summed E-state index contributed by atoms with van der Waals surface area (Å²) in [5.41, 5.74) is 2.09. The minimum absolute atomic E-state index is 0.331. The van der Waals surface area contributed by atoms with Crippen LogP contribution in [0.2, 0.25) is 0 Å². The van der Waals surface area contributed by atoms with Gasteiger partial charge in [-0.3, -0.25) is 14.8 Å². The Kier molecular flexibility index (Phi) is 4.89. The molecule has 4 heterocycles. The Morgan fingerprint density at radius 2 is 2.25 bits per heavy atom. The SMILES string of the molecule is Cc1cccc(COC2CC3CN(Cc4nccs4)CCN3C2)n1. The van der Waals surface area contributed by atoms with Crippen LogP contribution in [0.5, 0.6) is 0 Å². The molecule has 2 atom stereocenters. The Labute approximate surface area is 147 Å². The summed E-state index contributed by atoms with van der Waals surface area (Å²) in [6.45, 7) is 8.08. The van der Waals surface area contributed by atoms with Gasteiger partial charge >= 0.3 is 0 Å². The van der Waals surface area contributed by atoms with Crippen LogP contribution in [0.15, 0.2) is 29.8 Å². The number of pyridine rings is 1. The Bertz CT molecular complexity index is 663. The Balaban J connectivity index is 1.28. The van der Waals surface area contributed by atoms with E-state index in [0.29, 0.717) is 18.8 Å². The van der Waals surface area contributed by atoms with Gasteiger partial charge in [0.05, 0.1) is 24.9 Å². The van der Waals surface area contributed by atoms with E-state index in [2.05, 4.69) is 31.2 Å². The maximum atomic E-state index is 6.14. The number of aryl methyl sites for hydroxylation is 1. The number of rotatable bonds is 5. The van der Waals surface area contributed by atoms with Crippen molar-refractivity contribution in [3.8, 4) is 0 Å². The summed E-state index contributed by atoms with van der Waals surface area (Å²) in [5.74, 6) is 0. The summed E-state index contributed by atoms with van der Waals surface area (Å²) >= 11 is 1.75. The summed E-state index contributed by atoms with van der Waals surface area (Å²) in [6, 6.07) is 6.74. The topological polar surface area (TPSA) is 41.5 Å². The number of hydrogen-bond acceptors (Lipinski definition) is 6. The van der Waals surface area contributed by atoms with Crippen LogP contribution in [0.4, 0.5) is 0 Å². The highest BCUT2D eigenvalue weighted by atomic mass is 32.1. The van der Waals surface area contributed by atoms with E-state index in [1.54, 1.807) is 11.3 Å². The van der Waals surface area contributed by atoms with E-state index in [0.717, 1.165) is 50.5 Å². The average Bonchev–Trinajstić information content (AvgIpc) is 3.22. The van der Waals surface area contributed by atoms with Gasteiger partial charge in [-0.1, -0.05) is 6.07 Å². The van der Waals surface area contributed by atoms with Gasteiger partial charge in [0, 0.05) is 49.5 Å². The van der Waals surface area contributed by atoms with Gasteiger partial charge in [0.25, 0.3) is 0 Å². The first kappa shape index (κ1) is 16.1. The van der Waals surface area contributed by atoms with Crippen LogP contribution in [0, 0.1) is 6.92 Å². The lowest BCUT2D eigenvalue weighted by atomic mass is 10.1. The molecule has 0 bridgehead atoms. The zero-order valence-corrected chi connectivity index (χ0v) is 14.9. The van der Waals surface area contributed by atoms with Crippen molar-refractivity contribution in [2.24, 2.45) is 0 Å². The quantitative estimate of drug-likeness (QED) is 0.833. The molecule has 5 nitrogen and oxygen atoms in total. The number of thiazole rings is 1. The van der Waals surface area contributed by atoms with Crippen LogP contribution >= 0.6 is 11.3 Å². The number of fused-ring (bicyclic) bond motifs is 1. The van der Waals surface area contributed by atoms with Gasteiger partial charge in [-0.15, -0.1) is 11.3 Å². The van der Waals surface area contributed by atoms with Gasteiger partial charge in [0.2, 0.25) is 0 Å². The highest BCUT2D eigenvalue weighted by Gasteiger charge is 2.36. The van der Waals surface area contributed by atoms with Crippen LogP contribution in [0.25, 0.3) is 0 Å². The van der Waals surface area contributed by atoms with Gasteiger partial charge in [-0.05, 0) is 25.5 Å². The molecule has 4 rings (SSSR count). The predicted octanol–water partition coefficient (Wildman–Crippen LogP) is 2.32. The number of piperazine rings is 1. The van der Waals surface area contributed by atoms with Crippen LogP contribution < -0.4 is 0 Å². The molecule has 2 aromatic heterocycles. The van der Waals surface area contributed by atoms with Gasteiger partial charge in [0.15, 0.2) is 0 Å². The maximum absolute atomic E-state index is 6.14. The summed E-state index contributed by atoms with van der Waals surface area (Å²) in [6.07, 6.45) is 3.35. The first-order chi connectivity index (χ1) is 11.8.